The molecule has 2 heterocycles. The number of allylic oxidation sites excluding steroid dienone is 4. The minimum atomic E-state index is -4.35. The summed E-state index contributed by atoms with van der Waals surface area (Å²) >= 11 is 0. The van der Waals surface area contributed by atoms with Gasteiger partial charge in [-0.15, -0.1) is 49.4 Å². The standard InChI is InChI=1S/C49H52N2O10S2/c1-9-13-20-40(52)34-30-36(42(54)22-15-11-3)46-38(32-34)50(26-18-28-62(56,57)58)44(48(46,5)6)24-17-25-45-49(7,8)47-37(43(55)23-16-12-4)31-35(41(53)21-14-10-2)33-39(47)51(45)27-19-29-63(59,60)61/h1-4,17,24-25,30-33H,13-16,18-23,26-29H2,5-8H3,(H-,56,57,58,59,60,61)/p+1. The molecular formula is C49H53N2O10S2+. The number of carbonyl (C=O) groups is 4. The maximum absolute atomic E-state index is 13.9. The number of Topliss-reactive ketones (excluding diaryl/α,β-unsaturated/α-hetero) is 4. The molecule has 2 aromatic rings. The van der Waals surface area contributed by atoms with Crippen LogP contribution in [-0.2, 0) is 31.1 Å². The summed E-state index contributed by atoms with van der Waals surface area (Å²) in [6.45, 7) is 7.69. The average molecular weight is 894 g/mol. The molecule has 4 rings (SSSR count). The van der Waals surface area contributed by atoms with E-state index in [4.69, 9.17) is 25.7 Å². The molecule has 0 unspecified atom stereocenters. The number of rotatable bonds is 22. The minimum absolute atomic E-state index is 0.00848. The molecule has 12 nitrogen and oxygen atoms in total. The molecule has 0 bridgehead atoms. The second-order valence-corrected chi connectivity index (χ2v) is 19.6. The molecule has 2 aliphatic rings. The molecule has 14 heteroatoms. The lowest BCUT2D eigenvalue weighted by atomic mass is 9.77. The number of terminal acetylenes is 4. The quantitative estimate of drug-likeness (QED) is 0.0526. The Morgan fingerprint density at radius 2 is 1.13 bits per heavy atom. The van der Waals surface area contributed by atoms with Crippen molar-refractivity contribution in [1.82, 2.24) is 0 Å². The van der Waals surface area contributed by atoms with Crippen LogP contribution in [0.2, 0.25) is 0 Å². The third kappa shape index (κ3) is 11.8. The third-order valence-electron chi connectivity index (χ3n) is 11.2. The zero-order valence-corrected chi connectivity index (χ0v) is 37.8. The summed E-state index contributed by atoms with van der Waals surface area (Å²) in [7, 11) is -8.71. The Labute approximate surface area is 371 Å². The van der Waals surface area contributed by atoms with Crippen LogP contribution in [0, 0.1) is 49.4 Å². The molecular weight excluding hydrogens is 841 g/mol. The molecule has 0 radical (unpaired) electrons. The molecule has 2 aliphatic heterocycles. The highest BCUT2D eigenvalue weighted by Crippen LogP contribution is 2.51. The largest absolute Gasteiger partial charge is 0.344 e. The Kier molecular flexibility index (Phi) is 16.2. The third-order valence-corrected chi connectivity index (χ3v) is 12.8. The van der Waals surface area contributed by atoms with Crippen molar-refractivity contribution in [2.24, 2.45) is 0 Å². The van der Waals surface area contributed by atoms with Crippen LogP contribution in [0.1, 0.15) is 144 Å². The molecule has 0 atom stereocenters. The van der Waals surface area contributed by atoms with E-state index in [1.54, 1.807) is 42.5 Å². The van der Waals surface area contributed by atoms with E-state index in [9.17, 15) is 45.1 Å². The second kappa shape index (κ2) is 20.5. The van der Waals surface area contributed by atoms with Crippen molar-refractivity contribution in [3.05, 3.63) is 81.6 Å². The summed E-state index contributed by atoms with van der Waals surface area (Å²) < 4.78 is 68.6. The van der Waals surface area contributed by atoms with Crippen molar-refractivity contribution in [1.29, 1.82) is 0 Å². The number of hydrogen-bond donors (Lipinski definition) is 2. The first kappa shape index (κ1) is 49.8. The summed E-state index contributed by atoms with van der Waals surface area (Å²) in [4.78, 5) is 56.4. The van der Waals surface area contributed by atoms with Crippen molar-refractivity contribution in [2.75, 3.05) is 29.5 Å². The van der Waals surface area contributed by atoms with E-state index in [0.29, 0.717) is 33.9 Å². The molecule has 0 amide bonds. The van der Waals surface area contributed by atoms with Crippen molar-refractivity contribution >= 4 is 60.5 Å². The molecule has 0 saturated heterocycles. The number of fused-ring (bicyclic) bond motifs is 2. The van der Waals surface area contributed by atoms with Gasteiger partial charge in [-0.05, 0) is 50.1 Å². The van der Waals surface area contributed by atoms with Crippen molar-refractivity contribution < 1.29 is 49.7 Å². The van der Waals surface area contributed by atoms with E-state index in [1.165, 1.54) is 0 Å². The van der Waals surface area contributed by atoms with Crippen LogP contribution >= 0.6 is 0 Å². The highest BCUT2D eigenvalue weighted by atomic mass is 32.2. The average Bonchev–Trinajstić information content (AvgIpc) is 3.56. The van der Waals surface area contributed by atoms with Crippen LogP contribution in [0.3, 0.4) is 0 Å². The maximum Gasteiger partial charge on any atom is 0.265 e. The molecule has 0 saturated carbocycles. The number of carbonyl (C=O) groups excluding carboxylic acids is 4. The van der Waals surface area contributed by atoms with Crippen molar-refractivity contribution in [2.45, 2.75) is 103 Å². The van der Waals surface area contributed by atoms with E-state index in [-0.39, 0.29) is 123 Å². The Bertz CT molecular complexity index is 2710. The minimum Gasteiger partial charge on any atom is -0.344 e. The fourth-order valence-electron chi connectivity index (χ4n) is 8.37. The first-order chi connectivity index (χ1) is 29.5. The van der Waals surface area contributed by atoms with Gasteiger partial charge >= 0.3 is 0 Å². The van der Waals surface area contributed by atoms with E-state index < -0.39 is 42.6 Å². The van der Waals surface area contributed by atoms with Crippen molar-refractivity contribution in [3.8, 4) is 49.4 Å². The lowest BCUT2D eigenvalue weighted by Gasteiger charge is -2.27. The number of benzene rings is 2. The number of anilines is 1. The van der Waals surface area contributed by atoms with Gasteiger partial charge in [0, 0.05) is 116 Å². The Morgan fingerprint density at radius 3 is 1.62 bits per heavy atom. The number of ketones is 4. The second-order valence-electron chi connectivity index (χ2n) is 16.5. The van der Waals surface area contributed by atoms with Gasteiger partial charge in [0.05, 0.1) is 22.5 Å². The normalized spacial score (nSPS) is 15.7. The van der Waals surface area contributed by atoms with Gasteiger partial charge in [-0.3, -0.25) is 28.3 Å². The van der Waals surface area contributed by atoms with E-state index in [1.807, 2.05) is 37.2 Å². The fraction of sp³-hybridized carbons (Fsp3) is 0.408. The van der Waals surface area contributed by atoms with Gasteiger partial charge in [-0.25, -0.2) is 0 Å². The molecule has 0 aliphatic carbocycles. The van der Waals surface area contributed by atoms with Gasteiger partial charge < -0.3 is 4.90 Å². The van der Waals surface area contributed by atoms with Crippen LogP contribution < -0.4 is 4.90 Å². The molecule has 63 heavy (non-hydrogen) atoms. The summed E-state index contributed by atoms with van der Waals surface area (Å²) in [5.41, 5.74) is 2.59. The molecule has 330 valence electrons. The zero-order chi connectivity index (χ0) is 46.9. The molecule has 2 N–H and O–H groups in total. The number of nitrogens with zero attached hydrogens (tertiary/aromatic N) is 2. The Balaban J connectivity index is 2.00. The first-order valence-electron chi connectivity index (χ1n) is 20.5. The maximum atomic E-state index is 13.9. The lowest BCUT2D eigenvalue weighted by molar-refractivity contribution is -0.437. The zero-order valence-electron chi connectivity index (χ0n) is 36.1. The van der Waals surface area contributed by atoms with Crippen molar-refractivity contribution in [3.63, 3.8) is 0 Å². The molecule has 0 spiro atoms. The topological polar surface area (TPSA) is 183 Å². The van der Waals surface area contributed by atoms with Gasteiger partial charge in [0.1, 0.15) is 6.54 Å². The predicted octanol–water partition coefficient (Wildman–Crippen LogP) is 7.24. The Hall–Kier alpha value is -5.87. The van der Waals surface area contributed by atoms with E-state index in [0.717, 1.165) is 0 Å². The first-order valence-corrected chi connectivity index (χ1v) is 23.7. The summed E-state index contributed by atoms with van der Waals surface area (Å²) in [6.07, 6.45) is 28.0. The fourth-order valence-corrected chi connectivity index (χ4v) is 9.35. The van der Waals surface area contributed by atoms with Gasteiger partial charge in [-0.2, -0.15) is 21.4 Å². The summed E-state index contributed by atoms with van der Waals surface area (Å²) in [5, 5.41) is 0. The van der Waals surface area contributed by atoms with E-state index in [2.05, 4.69) is 23.7 Å². The van der Waals surface area contributed by atoms with Crippen LogP contribution in [0.25, 0.3) is 0 Å². The number of hydrogen-bond acceptors (Lipinski definition) is 9. The van der Waals surface area contributed by atoms with Crippen LogP contribution in [0.4, 0.5) is 11.4 Å². The van der Waals surface area contributed by atoms with Gasteiger partial charge in [0.15, 0.2) is 28.8 Å². The van der Waals surface area contributed by atoms with Crippen LogP contribution in [0.5, 0.6) is 0 Å². The monoisotopic (exact) mass is 893 g/mol. The highest BCUT2D eigenvalue weighted by Gasteiger charge is 2.48. The molecule has 2 aromatic carbocycles. The van der Waals surface area contributed by atoms with Crippen LogP contribution in [0.15, 0.2) is 48.2 Å². The lowest BCUT2D eigenvalue weighted by Crippen LogP contribution is -2.30. The van der Waals surface area contributed by atoms with Gasteiger partial charge in [0.2, 0.25) is 5.69 Å². The highest BCUT2D eigenvalue weighted by molar-refractivity contribution is 7.86. The Morgan fingerprint density at radius 1 is 0.667 bits per heavy atom. The smallest absolute Gasteiger partial charge is 0.265 e. The molecule has 0 fully saturated rings. The van der Waals surface area contributed by atoms with Crippen LogP contribution in [-0.4, -0.2) is 84.0 Å². The van der Waals surface area contributed by atoms with Gasteiger partial charge in [-0.1, -0.05) is 19.9 Å². The SMILES string of the molecule is C#CCCC(=O)c1cc(C(=O)CCC#C)c2c(c1)N(CCCS(=O)(=O)O)/C(=C/C=C/C1=[N+](CCCS(=O)(=O)O)c3cc(C(=O)CCC#C)cc(C(=O)CCC#C)c3C1(C)C)C2(C)C. The molecule has 0 aromatic heterocycles. The summed E-state index contributed by atoms with van der Waals surface area (Å²) in [5.74, 6) is 7.62. The van der Waals surface area contributed by atoms with Gasteiger partial charge in [0.25, 0.3) is 20.2 Å². The summed E-state index contributed by atoms with van der Waals surface area (Å²) in [6, 6.07) is 6.44. The van der Waals surface area contributed by atoms with E-state index >= 15 is 0 Å². The predicted molar refractivity (Wildman–Crippen MR) is 245 cm³/mol.